The quantitative estimate of drug-likeness (QED) is 0.499. The predicted octanol–water partition coefficient (Wildman–Crippen LogP) is 2.58. The highest BCUT2D eigenvalue weighted by atomic mass is 16.5. The summed E-state index contributed by atoms with van der Waals surface area (Å²) < 4.78 is 5.40. The van der Waals surface area contributed by atoms with Gasteiger partial charge >= 0.3 is 5.97 Å². The fraction of sp³-hybridized carbons (Fsp3) is 0.944. The van der Waals surface area contributed by atoms with E-state index in [0.29, 0.717) is 11.8 Å². The van der Waals surface area contributed by atoms with Crippen molar-refractivity contribution in [2.75, 3.05) is 6.61 Å². The molecule has 6 aliphatic carbocycles. The van der Waals surface area contributed by atoms with Gasteiger partial charge < -0.3 is 4.74 Å². The lowest BCUT2D eigenvalue weighted by atomic mass is 9.39. The van der Waals surface area contributed by atoms with Crippen LogP contribution in [0.25, 0.3) is 0 Å². The molecule has 12 unspecified atom stereocenters. The third-order valence-electron chi connectivity index (χ3n) is 9.41. The number of ether oxygens (including phenoxy) is 1. The van der Waals surface area contributed by atoms with Crippen LogP contribution in [-0.2, 0) is 9.53 Å². The molecule has 1 heterocycles. The normalized spacial score (nSPS) is 73.5. The average molecular weight is 270 g/mol. The van der Waals surface area contributed by atoms with Crippen molar-refractivity contribution in [2.45, 2.75) is 25.7 Å². The molecule has 12 atom stereocenters. The van der Waals surface area contributed by atoms with E-state index >= 15 is 0 Å². The third kappa shape index (κ3) is 0.790. The maximum Gasteiger partial charge on any atom is 0.309 e. The van der Waals surface area contributed by atoms with Gasteiger partial charge in [0, 0.05) is 5.92 Å². The van der Waals surface area contributed by atoms with Crippen molar-refractivity contribution in [2.24, 2.45) is 71.0 Å². The fourth-order valence-electron chi connectivity index (χ4n) is 9.37. The Balaban J connectivity index is 1.30. The van der Waals surface area contributed by atoms with Gasteiger partial charge in [0.25, 0.3) is 0 Å². The minimum Gasteiger partial charge on any atom is -0.465 e. The van der Waals surface area contributed by atoms with Gasteiger partial charge in [0.1, 0.15) is 0 Å². The van der Waals surface area contributed by atoms with Gasteiger partial charge in [0.15, 0.2) is 0 Å². The zero-order chi connectivity index (χ0) is 12.7. The number of hydrogen-bond acceptors (Lipinski definition) is 2. The lowest BCUT2D eigenvalue weighted by Crippen LogP contribution is -2.62. The highest BCUT2D eigenvalue weighted by Gasteiger charge is 2.79. The van der Waals surface area contributed by atoms with Gasteiger partial charge in [0.05, 0.1) is 12.5 Å². The Hall–Kier alpha value is -0.530. The maximum atomic E-state index is 12.0. The molecule has 0 aromatic heterocycles. The van der Waals surface area contributed by atoms with Gasteiger partial charge in [-0.2, -0.15) is 0 Å². The van der Waals surface area contributed by atoms with Crippen LogP contribution in [0.2, 0.25) is 0 Å². The summed E-state index contributed by atoms with van der Waals surface area (Å²) in [5.74, 6) is 11.3. The second-order valence-corrected chi connectivity index (χ2v) is 9.18. The second-order valence-electron chi connectivity index (χ2n) is 9.18. The number of esters is 1. The zero-order valence-corrected chi connectivity index (χ0v) is 11.8. The summed E-state index contributed by atoms with van der Waals surface area (Å²) in [6.45, 7) is 0.769. The van der Waals surface area contributed by atoms with Gasteiger partial charge in [-0.25, -0.2) is 0 Å². The molecule has 20 heavy (non-hydrogen) atoms. The van der Waals surface area contributed by atoms with E-state index in [1.54, 1.807) is 12.8 Å². The first-order chi connectivity index (χ1) is 9.84. The molecule has 0 aromatic carbocycles. The van der Waals surface area contributed by atoms with Crippen LogP contribution in [0.4, 0.5) is 0 Å². The summed E-state index contributed by atoms with van der Waals surface area (Å²) >= 11 is 0. The Morgan fingerprint density at radius 2 is 1.45 bits per heavy atom. The van der Waals surface area contributed by atoms with Crippen molar-refractivity contribution < 1.29 is 9.53 Å². The summed E-state index contributed by atoms with van der Waals surface area (Å²) in [4.78, 5) is 12.0. The number of fused-ring (bicyclic) bond motifs is 18. The van der Waals surface area contributed by atoms with Crippen LogP contribution >= 0.6 is 0 Å². The van der Waals surface area contributed by atoms with Crippen LogP contribution in [0.15, 0.2) is 0 Å². The lowest BCUT2D eigenvalue weighted by molar-refractivity contribution is -0.182. The van der Waals surface area contributed by atoms with E-state index in [1.165, 1.54) is 12.8 Å². The highest BCUT2D eigenvalue weighted by molar-refractivity contribution is 5.77. The molecule has 0 N–H and O–H groups in total. The van der Waals surface area contributed by atoms with Gasteiger partial charge in [-0.15, -0.1) is 0 Å². The SMILES string of the molecule is O=C1OCC2C1C1C3CC(C21)C1C2C4CCC(C4)C2C31. The molecule has 1 aliphatic heterocycles. The summed E-state index contributed by atoms with van der Waals surface area (Å²) in [6.07, 6.45) is 6.16. The number of rotatable bonds is 0. The molecule has 0 radical (unpaired) electrons. The summed E-state index contributed by atoms with van der Waals surface area (Å²) in [6, 6.07) is 0. The molecule has 6 saturated carbocycles. The molecule has 0 spiro atoms. The molecule has 2 nitrogen and oxygen atoms in total. The maximum absolute atomic E-state index is 12.0. The summed E-state index contributed by atoms with van der Waals surface area (Å²) in [7, 11) is 0. The molecule has 4 bridgehead atoms. The van der Waals surface area contributed by atoms with Crippen molar-refractivity contribution in [3.8, 4) is 0 Å². The van der Waals surface area contributed by atoms with Crippen LogP contribution < -0.4 is 0 Å². The topological polar surface area (TPSA) is 26.3 Å². The first-order valence-corrected chi connectivity index (χ1v) is 9.01. The van der Waals surface area contributed by atoms with E-state index in [-0.39, 0.29) is 5.97 Å². The van der Waals surface area contributed by atoms with Gasteiger partial charge in [-0.3, -0.25) is 4.79 Å². The first-order valence-electron chi connectivity index (χ1n) is 9.01. The van der Waals surface area contributed by atoms with Gasteiger partial charge in [-0.1, -0.05) is 0 Å². The van der Waals surface area contributed by atoms with Crippen molar-refractivity contribution in [1.82, 2.24) is 0 Å². The van der Waals surface area contributed by atoms with Crippen LogP contribution in [-0.4, -0.2) is 12.6 Å². The molecule has 1 saturated heterocycles. The van der Waals surface area contributed by atoms with Crippen molar-refractivity contribution in [3.63, 3.8) is 0 Å². The lowest BCUT2D eigenvalue weighted by Gasteiger charge is -2.64. The smallest absolute Gasteiger partial charge is 0.309 e. The number of cyclic esters (lactones) is 1. The minimum absolute atomic E-state index is 0.171. The molecule has 2 heteroatoms. The molecule has 0 amide bonds. The number of carbonyl (C=O) groups excluding carboxylic acids is 1. The monoisotopic (exact) mass is 270 g/mol. The molecular weight excluding hydrogens is 248 g/mol. The van der Waals surface area contributed by atoms with Gasteiger partial charge in [-0.05, 0) is 84.9 Å². The Morgan fingerprint density at radius 1 is 0.750 bits per heavy atom. The van der Waals surface area contributed by atoms with E-state index < -0.39 is 0 Å². The van der Waals surface area contributed by atoms with Crippen LogP contribution in [0.5, 0.6) is 0 Å². The summed E-state index contributed by atoms with van der Waals surface area (Å²) in [5.41, 5.74) is 0. The highest BCUT2D eigenvalue weighted by Crippen LogP contribution is 2.81. The minimum atomic E-state index is 0.171. The Morgan fingerprint density at radius 3 is 2.20 bits per heavy atom. The zero-order valence-electron chi connectivity index (χ0n) is 11.8. The van der Waals surface area contributed by atoms with Crippen molar-refractivity contribution in [1.29, 1.82) is 0 Å². The van der Waals surface area contributed by atoms with E-state index in [0.717, 1.165) is 65.8 Å². The largest absolute Gasteiger partial charge is 0.465 e. The molecular formula is C18H22O2. The standard InChI is InChI=1S/C18H22O2/c19-18-17-10(5-20-18)13-8-4-9(16(13)17)15-12-7-2-1-6(3-7)11(12)14(8)15/h6-17H,1-5H2. The van der Waals surface area contributed by atoms with Crippen molar-refractivity contribution in [3.05, 3.63) is 0 Å². The van der Waals surface area contributed by atoms with Crippen molar-refractivity contribution >= 4 is 5.97 Å². The van der Waals surface area contributed by atoms with E-state index in [2.05, 4.69) is 0 Å². The van der Waals surface area contributed by atoms with Crippen LogP contribution in [0.3, 0.4) is 0 Å². The molecule has 0 aromatic rings. The molecule has 7 aliphatic rings. The molecule has 106 valence electrons. The van der Waals surface area contributed by atoms with Gasteiger partial charge in [0.2, 0.25) is 0 Å². The average Bonchev–Trinajstić information content (AvgIpc) is 3.09. The Kier molecular flexibility index (Phi) is 1.46. The number of hydrogen-bond donors (Lipinski definition) is 0. The molecule has 7 rings (SSSR count). The first kappa shape index (κ1) is 10.2. The Labute approximate surface area is 119 Å². The van der Waals surface area contributed by atoms with Crippen LogP contribution in [0.1, 0.15) is 25.7 Å². The second kappa shape index (κ2) is 2.85. The van der Waals surface area contributed by atoms with Crippen LogP contribution in [0, 0.1) is 71.0 Å². The Bertz CT molecular complexity index is 542. The van der Waals surface area contributed by atoms with E-state index in [9.17, 15) is 4.79 Å². The van der Waals surface area contributed by atoms with E-state index in [1.807, 2.05) is 0 Å². The predicted molar refractivity (Wildman–Crippen MR) is 71.3 cm³/mol. The third-order valence-corrected chi connectivity index (χ3v) is 9.41. The van der Waals surface area contributed by atoms with E-state index in [4.69, 9.17) is 4.74 Å². The number of carbonyl (C=O) groups is 1. The fourth-order valence-corrected chi connectivity index (χ4v) is 9.37. The molecule has 7 fully saturated rings. The summed E-state index contributed by atoms with van der Waals surface area (Å²) in [5, 5.41) is 0.